The second-order valence-electron chi connectivity index (χ2n) is 5.99. The van der Waals surface area contributed by atoms with Crippen LogP contribution in [-0.2, 0) is 19.8 Å². The number of nitrogens with zero attached hydrogens (tertiary/aromatic N) is 1. The zero-order chi connectivity index (χ0) is 14.3. The minimum Gasteiger partial charge on any atom is -0.300 e. The molecule has 1 spiro atoms. The van der Waals surface area contributed by atoms with Crippen LogP contribution >= 0.6 is 0 Å². The normalized spacial score (nSPS) is 29.5. The fourth-order valence-corrected chi connectivity index (χ4v) is 5.11. The predicted molar refractivity (Wildman–Crippen MR) is 70.7 cm³/mol. The number of piperidine rings is 1. The Bertz CT molecular complexity index is 453. The highest BCUT2D eigenvalue weighted by molar-refractivity contribution is 7.91. The van der Waals surface area contributed by atoms with Gasteiger partial charge in [0.1, 0.15) is 15.6 Å². The summed E-state index contributed by atoms with van der Waals surface area (Å²) in [6.45, 7) is 3.86. The van der Waals surface area contributed by atoms with Crippen molar-refractivity contribution in [2.45, 2.75) is 63.5 Å². The Morgan fingerprint density at radius 2 is 1.63 bits per heavy atom. The molecule has 2 saturated heterocycles. The van der Waals surface area contributed by atoms with Crippen LogP contribution in [0, 0.1) is 0 Å². The van der Waals surface area contributed by atoms with Crippen LogP contribution in [0.4, 0.5) is 0 Å². The monoisotopic (exact) mass is 288 g/mol. The van der Waals surface area contributed by atoms with Crippen LogP contribution in [0.25, 0.3) is 0 Å². The molecule has 19 heavy (non-hydrogen) atoms. The molecule has 0 aromatic carbocycles. The van der Waals surface area contributed by atoms with Crippen LogP contribution in [0.2, 0.25) is 0 Å². The molecule has 0 amide bonds. The molecule has 0 aromatic rings. The summed E-state index contributed by atoms with van der Waals surface area (Å²) in [6, 6.07) is 0. The van der Waals surface area contributed by atoms with Crippen molar-refractivity contribution in [1.29, 1.82) is 0 Å². The third-order valence-electron chi connectivity index (χ3n) is 4.99. The van der Waals surface area contributed by atoms with Gasteiger partial charge < -0.3 is 0 Å². The van der Waals surface area contributed by atoms with E-state index in [1.54, 1.807) is 0 Å². The van der Waals surface area contributed by atoms with E-state index in [2.05, 4.69) is 0 Å². The second kappa shape index (κ2) is 4.82. The van der Waals surface area contributed by atoms with E-state index in [0.29, 0.717) is 32.1 Å². The van der Waals surface area contributed by atoms with Crippen molar-refractivity contribution in [2.24, 2.45) is 0 Å². The molecule has 0 unspecified atom stereocenters. The van der Waals surface area contributed by atoms with Crippen molar-refractivity contribution < 1.29 is 18.4 Å². The molecule has 1 radical (unpaired) electrons. The third kappa shape index (κ3) is 2.45. The molecule has 2 fully saturated rings. The number of hydrogen-bond donors (Lipinski definition) is 0. The summed E-state index contributed by atoms with van der Waals surface area (Å²) in [5.74, 6) is 0.167. The highest BCUT2D eigenvalue weighted by Gasteiger charge is 2.55. The number of sulfone groups is 1. The number of rotatable bonds is 2. The lowest BCUT2D eigenvalue weighted by Gasteiger charge is -2.53. The van der Waals surface area contributed by atoms with E-state index in [1.807, 2.05) is 13.8 Å². The Kier molecular flexibility index (Phi) is 3.79. The van der Waals surface area contributed by atoms with Gasteiger partial charge in [-0.3, -0.25) is 4.79 Å². The number of ketones is 1. The zero-order valence-corrected chi connectivity index (χ0v) is 12.5. The van der Waals surface area contributed by atoms with Crippen molar-refractivity contribution in [3.63, 3.8) is 0 Å². The molecule has 2 aliphatic heterocycles. The average Bonchev–Trinajstić information content (AvgIpc) is 2.37. The van der Waals surface area contributed by atoms with Crippen molar-refractivity contribution in [3.05, 3.63) is 0 Å². The van der Waals surface area contributed by atoms with Gasteiger partial charge in [0.2, 0.25) is 0 Å². The minimum atomic E-state index is -3.03. The van der Waals surface area contributed by atoms with Gasteiger partial charge in [-0.25, -0.2) is 8.42 Å². The van der Waals surface area contributed by atoms with Gasteiger partial charge in [0.15, 0.2) is 0 Å². The van der Waals surface area contributed by atoms with E-state index < -0.39 is 20.9 Å². The quantitative estimate of drug-likeness (QED) is 0.772. The zero-order valence-electron chi connectivity index (χ0n) is 11.6. The standard InChI is InChI=1S/C13H22NO4S/c1-3-12(4-2)9-11(15)10-13(14(12)16)5-7-19(17,18)8-6-13/h3-10H2,1-2H3. The third-order valence-corrected chi connectivity index (χ3v) is 6.64. The second-order valence-corrected chi connectivity index (χ2v) is 8.30. The van der Waals surface area contributed by atoms with E-state index in [9.17, 15) is 18.4 Å². The van der Waals surface area contributed by atoms with Crippen LogP contribution in [0.5, 0.6) is 0 Å². The maximum absolute atomic E-state index is 12.8. The molecule has 0 N–H and O–H groups in total. The van der Waals surface area contributed by atoms with Gasteiger partial charge in [-0.1, -0.05) is 13.8 Å². The lowest BCUT2D eigenvalue weighted by Crippen LogP contribution is -2.65. The lowest BCUT2D eigenvalue weighted by molar-refractivity contribution is -0.301. The first-order valence-corrected chi connectivity index (χ1v) is 8.81. The number of hydroxylamine groups is 2. The number of carbonyl (C=O) groups excluding carboxylic acids is 1. The molecular weight excluding hydrogens is 266 g/mol. The summed E-state index contributed by atoms with van der Waals surface area (Å²) in [4.78, 5) is 12.1. The molecule has 109 valence electrons. The van der Waals surface area contributed by atoms with E-state index in [-0.39, 0.29) is 23.7 Å². The first-order chi connectivity index (χ1) is 8.79. The average molecular weight is 288 g/mol. The molecule has 0 aliphatic carbocycles. The molecule has 2 aliphatic rings. The minimum absolute atomic E-state index is 0.0303. The molecule has 6 heteroatoms. The topological polar surface area (TPSA) is 74.3 Å². The molecular formula is C13H22NO4S. The molecule has 0 aromatic heterocycles. The Morgan fingerprint density at radius 3 is 2.11 bits per heavy atom. The molecule has 2 rings (SSSR count). The number of Topliss-reactive ketones (excluding diaryl/α,β-unsaturated/α-hetero) is 1. The molecule has 0 bridgehead atoms. The Hall–Kier alpha value is -0.460. The van der Waals surface area contributed by atoms with Crippen LogP contribution in [0.15, 0.2) is 0 Å². The van der Waals surface area contributed by atoms with E-state index in [1.165, 1.54) is 0 Å². The SMILES string of the molecule is CCC1(CC)CC(=O)CC2(CCS(=O)(=O)CC2)N1[O]. The van der Waals surface area contributed by atoms with Gasteiger partial charge in [-0.05, 0) is 25.7 Å². The lowest BCUT2D eigenvalue weighted by atomic mass is 9.72. The van der Waals surface area contributed by atoms with Gasteiger partial charge >= 0.3 is 0 Å². The number of hydrogen-bond acceptors (Lipinski definition) is 4. The van der Waals surface area contributed by atoms with Gasteiger partial charge in [0.25, 0.3) is 0 Å². The van der Waals surface area contributed by atoms with Gasteiger partial charge in [0.05, 0.1) is 22.6 Å². The van der Waals surface area contributed by atoms with E-state index in [4.69, 9.17) is 0 Å². The van der Waals surface area contributed by atoms with Crippen molar-refractivity contribution in [2.75, 3.05) is 11.5 Å². The smallest absolute Gasteiger partial charge is 0.150 e. The fraction of sp³-hybridized carbons (Fsp3) is 0.923. The predicted octanol–water partition coefficient (Wildman–Crippen LogP) is 1.50. The summed E-state index contributed by atoms with van der Waals surface area (Å²) >= 11 is 0. The van der Waals surface area contributed by atoms with Crippen molar-refractivity contribution >= 4 is 15.6 Å². The van der Waals surface area contributed by atoms with E-state index >= 15 is 0 Å². The first-order valence-electron chi connectivity index (χ1n) is 6.99. The van der Waals surface area contributed by atoms with Crippen LogP contribution in [0.3, 0.4) is 0 Å². The summed E-state index contributed by atoms with van der Waals surface area (Å²) < 4.78 is 23.1. The van der Waals surface area contributed by atoms with Crippen molar-refractivity contribution in [3.8, 4) is 0 Å². The first kappa shape index (κ1) is 14.9. The number of carbonyl (C=O) groups is 1. The molecule has 0 saturated carbocycles. The largest absolute Gasteiger partial charge is 0.300 e. The Balaban J connectivity index is 2.32. The van der Waals surface area contributed by atoms with E-state index in [0.717, 1.165) is 5.06 Å². The molecule has 2 heterocycles. The molecule has 5 nitrogen and oxygen atoms in total. The maximum Gasteiger partial charge on any atom is 0.150 e. The van der Waals surface area contributed by atoms with Gasteiger partial charge in [0, 0.05) is 12.8 Å². The maximum atomic E-state index is 12.8. The highest BCUT2D eigenvalue weighted by atomic mass is 32.2. The van der Waals surface area contributed by atoms with Crippen LogP contribution in [0.1, 0.15) is 52.4 Å². The summed E-state index contributed by atoms with van der Waals surface area (Å²) in [6.07, 6.45) is 2.38. The highest BCUT2D eigenvalue weighted by Crippen LogP contribution is 2.45. The van der Waals surface area contributed by atoms with Crippen LogP contribution in [-0.4, -0.2) is 41.8 Å². The summed E-state index contributed by atoms with van der Waals surface area (Å²) in [5, 5.41) is 13.9. The van der Waals surface area contributed by atoms with Gasteiger partial charge in [-0.2, -0.15) is 0 Å². The summed E-state index contributed by atoms with van der Waals surface area (Å²) in [5.41, 5.74) is -1.40. The van der Waals surface area contributed by atoms with Crippen LogP contribution < -0.4 is 0 Å². The Morgan fingerprint density at radius 1 is 1.11 bits per heavy atom. The molecule has 0 atom stereocenters. The van der Waals surface area contributed by atoms with Crippen molar-refractivity contribution in [1.82, 2.24) is 5.06 Å². The fourth-order valence-electron chi connectivity index (χ4n) is 3.53. The summed E-state index contributed by atoms with van der Waals surface area (Å²) in [7, 11) is -3.03. The van der Waals surface area contributed by atoms with Gasteiger partial charge in [-0.15, -0.1) is 10.3 Å². The Labute approximate surface area is 114 Å².